The monoisotopic (exact) mass is 267 g/mol. The molecule has 0 aliphatic carbocycles. The molecule has 0 spiro atoms. The fourth-order valence-electron chi connectivity index (χ4n) is 0.760. The van der Waals surface area contributed by atoms with E-state index in [4.69, 9.17) is 4.42 Å². The second-order valence-corrected chi connectivity index (χ2v) is 5.24. The zero-order chi connectivity index (χ0) is 10.1. The molecule has 0 amide bonds. The van der Waals surface area contributed by atoms with Gasteiger partial charge in [-0.25, -0.2) is 8.42 Å². The molecule has 1 aromatic rings. The van der Waals surface area contributed by atoms with Crippen molar-refractivity contribution in [2.24, 2.45) is 0 Å². The van der Waals surface area contributed by atoms with Crippen LogP contribution in [0.1, 0.15) is 6.92 Å². The molecular weight excluding hydrogens is 258 g/mol. The van der Waals surface area contributed by atoms with Crippen LogP contribution in [0, 0.1) is 0 Å². The van der Waals surface area contributed by atoms with Crippen LogP contribution in [0.25, 0.3) is 0 Å². The third-order valence-electron chi connectivity index (χ3n) is 1.66. The first kappa shape index (κ1) is 10.7. The van der Waals surface area contributed by atoms with E-state index in [1.54, 1.807) is 13.0 Å². The van der Waals surface area contributed by atoms with Crippen LogP contribution in [0.2, 0.25) is 0 Å². The standard InChI is InChI=1S/C7H10BrNO3S/c1-3-9(2)13(10,11)7-5-4-6(8)12-7/h4-5H,3H2,1-2H3. The van der Waals surface area contributed by atoms with Crippen LogP contribution in [0.3, 0.4) is 0 Å². The molecule has 74 valence electrons. The number of halogens is 1. The highest BCUT2D eigenvalue weighted by atomic mass is 79.9. The number of furan rings is 1. The molecule has 1 aromatic heterocycles. The molecule has 0 aliphatic rings. The Labute approximate surface area is 85.7 Å². The summed E-state index contributed by atoms with van der Waals surface area (Å²) in [6.07, 6.45) is 0. The van der Waals surface area contributed by atoms with E-state index < -0.39 is 10.0 Å². The Hall–Kier alpha value is -0.330. The van der Waals surface area contributed by atoms with Crippen molar-refractivity contribution in [3.05, 3.63) is 16.8 Å². The van der Waals surface area contributed by atoms with Gasteiger partial charge in [0, 0.05) is 13.6 Å². The molecule has 1 rings (SSSR count). The van der Waals surface area contributed by atoms with Gasteiger partial charge in [0.25, 0.3) is 10.0 Å². The maximum Gasteiger partial charge on any atom is 0.276 e. The Kier molecular flexibility index (Phi) is 3.15. The molecule has 0 fully saturated rings. The predicted octanol–water partition coefficient (Wildman–Crippen LogP) is 1.68. The van der Waals surface area contributed by atoms with E-state index in [2.05, 4.69) is 15.9 Å². The summed E-state index contributed by atoms with van der Waals surface area (Å²) in [5, 5.41) is -0.0382. The normalized spacial score (nSPS) is 12.3. The van der Waals surface area contributed by atoms with Crippen LogP contribution >= 0.6 is 15.9 Å². The van der Waals surface area contributed by atoms with Crippen LogP contribution < -0.4 is 0 Å². The summed E-state index contributed by atoms with van der Waals surface area (Å²) in [4.78, 5) is 0. The third-order valence-corrected chi connectivity index (χ3v) is 3.89. The number of sulfonamides is 1. The first-order valence-electron chi connectivity index (χ1n) is 3.70. The highest BCUT2D eigenvalue weighted by Crippen LogP contribution is 2.20. The topological polar surface area (TPSA) is 50.5 Å². The van der Waals surface area contributed by atoms with Crippen LogP contribution in [0.4, 0.5) is 0 Å². The maximum atomic E-state index is 11.6. The number of rotatable bonds is 3. The molecule has 0 atom stereocenters. The minimum absolute atomic E-state index is 0.0382. The summed E-state index contributed by atoms with van der Waals surface area (Å²) < 4.78 is 29.8. The average Bonchev–Trinajstić information content (AvgIpc) is 2.50. The Morgan fingerprint density at radius 2 is 2.15 bits per heavy atom. The van der Waals surface area contributed by atoms with Gasteiger partial charge in [-0.1, -0.05) is 6.92 Å². The molecule has 0 aliphatic heterocycles. The molecule has 0 bridgehead atoms. The van der Waals surface area contributed by atoms with Crippen molar-refractivity contribution in [2.75, 3.05) is 13.6 Å². The summed E-state index contributed by atoms with van der Waals surface area (Å²) in [5.74, 6) is 0. The lowest BCUT2D eigenvalue weighted by molar-refractivity contribution is 0.403. The van der Waals surface area contributed by atoms with Crippen LogP contribution in [-0.4, -0.2) is 26.3 Å². The van der Waals surface area contributed by atoms with Crippen molar-refractivity contribution < 1.29 is 12.8 Å². The Bertz CT molecular complexity index is 384. The van der Waals surface area contributed by atoms with Gasteiger partial charge in [-0.3, -0.25) is 0 Å². The van der Waals surface area contributed by atoms with E-state index in [1.165, 1.54) is 17.4 Å². The lowest BCUT2D eigenvalue weighted by Crippen LogP contribution is -2.26. The zero-order valence-corrected chi connectivity index (χ0v) is 9.72. The zero-order valence-electron chi connectivity index (χ0n) is 7.32. The molecule has 13 heavy (non-hydrogen) atoms. The molecule has 0 saturated carbocycles. The quantitative estimate of drug-likeness (QED) is 0.838. The van der Waals surface area contributed by atoms with E-state index in [9.17, 15) is 8.42 Å². The molecule has 0 aromatic carbocycles. The van der Waals surface area contributed by atoms with Crippen molar-refractivity contribution in [1.82, 2.24) is 4.31 Å². The summed E-state index contributed by atoms with van der Waals surface area (Å²) in [7, 11) is -1.93. The Balaban J connectivity index is 3.08. The fourth-order valence-corrected chi connectivity index (χ4v) is 2.26. The van der Waals surface area contributed by atoms with Gasteiger partial charge in [-0.05, 0) is 28.1 Å². The second kappa shape index (κ2) is 3.81. The van der Waals surface area contributed by atoms with Crippen LogP contribution in [-0.2, 0) is 10.0 Å². The fraction of sp³-hybridized carbons (Fsp3) is 0.429. The second-order valence-electron chi connectivity index (χ2n) is 2.48. The molecule has 0 N–H and O–H groups in total. The van der Waals surface area contributed by atoms with Gasteiger partial charge in [-0.2, -0.15) is 4.31 Å². The summed E-state index contributed by atoms with van der Waals surface area (Å²) in [6.45, 7) is 2.18. The van der Waals surface area contributed by atoms with E-state index in [1.807, 2.05) is 0 Å². The number of nitrogens with zero attached hydrogens (tertiary/aromatic N) is 1. The van der Waals surface area contributed by atoms with Crippen molar-refractivity contribution in [2.45, 2.75) is 12.0 Å². The van der Waals surface area contributed by atoms with E-state index in [0.29, 0.717) is 11.2 Å². The molecular formula is C7H10BrNO3S. The average molecular weight is 268 g/mol. The summed E-state index contributed by atoms with van der Waals surface area (Å²) >= 11 is 3.05. The number of hydrogen-bond donors (Lipinski definition) is 0. The lowest BCUT2D eigenvalue weighted by Gasteiger charge is -2.11. The largest absolute Gasteiger partial charge is 0.437 e. The Morgan fingerprint density at radius 3 is 2.54 bits per heavy atom. The maximum absolute atomic E-state index is 11.6. The molecule has 0 unspecified atom stereocenters. The highest BCUT2D eigenvalue weighted by molar-refractivity contribution is 9.10. The van der Waals surface area contributed by atoms with Crippen molar-refractivity contribution in [3.63, 3.8) is 0 Å². The van der Waals surface area contributed by atoms with E-state index >= 15 is 0 Å². The van der Waals surface area contributed by atoms with Gasteiger partial charge in [-0.15, -0.1) is 0 Å². The first-order chi connectivity index (χ1) is 5.98. The molecule has 0 saturated heterocycles. The SMILES string of the molecule is CCN(C)S(=O)(=O)c1ccc(Br)o1. The summed E-state index contributed by atoms with van der Waals surface area (Å²) in [5.41, 5.74) is 0. The van der Waals surface area contributed by atoms with Crippen LogP contribution in [0.15, 0.2) is 26.3 Å². The van der Waals surface area contributed by atoms with Gasteiger partial charge in [0.1, 0.15) is 0 Å². The van der Waals surface area contributed by atoms with Gasteiger partial charge < -0.3 is 4.42 Å². The molecule has 0 radical (unpaired) electrons. The summed E-state index contributed by atoms with van der Waals surface area (Å²) in [6, 6.07) is 2.97. The molecule has 1 heterocycles. The molecule has 4 nitrogen and oxygen atoms in total. The van der Waals surface area contributed by atoms with Crippen molar-refractivity contribution in [3.8, 4) is 0 Å². The molecule has 6 heteroatoms. The first-order valence-corrected chi connectivity index (χ1v) is 5.93. The van der Waals surface area contributed by atoms with Crippen LogP contribution in [0.5, 0.6) is 0 Å². The smallest absolute Gasteiger partial charge is 0.276 e. The van der Waals surface area contributed by atoms with E-state index in [0.717, 1.165) is 0 Å². The van der Waals surface area contributed by atoms with Crippen molar-refractivity contribution in [1.29, 1.82) is 0 Å². The highest BCUT2D eigenvalue weighted by Gasteiger charge is 2.22. The van der Waals surface area contributed by atoms with Crippen molar-refractivity contribution >= 4 is 26.0 Å². The Morgan fingerprint density at radius 1 is 1.54 bits per heavy atom. The predicted molar refractivity (Wildman–Crippen MR) is 51.9 cm³/mol. The van der Waals surface area contributed by atoms with Gasteiger partial charge >= 0.3 is 0 Å². The van der Waals surface area contributed by atoms with Gasteiger partial charge in [0.15, 0.2) is 4.67 Å². The van der Waals surface area contributed by atoms with E-state index in [-0.39, 0.29) is 5.09 Å². The van der Waals surface area contributed by atoms with Gasteiger partial charge in [0.2, 0.25) is 5.09 Å². The van der Waals surface area contributed by atoms with Gasteiger partial charge in [0.05, 0.1) is 0 Å². The minimum atomic E-state index is -3.43. The minimum Gasteiger partial charge on any atom is -0.437 e. The number of hydrogen-bond acceptors (Lipinski definition) is 3. The lowest BCUT2D eigenvalue weighted by atomic mass is 10.7. The third kappa shape index (κ3) is 2.12.